The predicted molar refractivity (Wildman–Crippen MR) is 88.7 cm³/mol. The quantitative estimate of drug-likeness (QED) is 0.875. The van der Waals surface area contributed by atoms with E-state index in [4.69, 9.17) is 4.42 Å². The van der Waals surface area contributed by atoms with E-state index in [1.165, 1.54) is 0 Å². The highest BCUT2D eigenvalue weighted by Crippen LogP contribution is 2.38. The molecule has 1 aliphatic carbocycles. The van der Waals surface area contributed by atoms with Crippen LogP contribution in [0.5, 0.6) is 0 Å². The minimum absolute atomic E-state index is 0.111. The van der Waals surface area contributed by atoms with E-state index in [9.17, 15) is 4.79 Å². The van der Waals surface area contributed by atoms with Crippen LogP contribution < -0.4 is 10.6 Å². The molecule has 1 aromatic heterocycles. The van der Waals surface area contributed by atoms with Gasteiger partial charge in [-0.25, -0.2) is 0 Å². The van der Waals surface area contributed by atoms with Crippen LogP contribution >= 0.6 is 15.9 Å². The van der Waals surface area contributed by atoms with Crippen molar-refractivity contribution in [3.05, 3.63) is 34.0 Å². The molecule has 3 rings (SSSR count). The van der Waals surface area contributed by atoms with Crippen molar-refractivity contribution >= 4 is 44.1 Å². The van der Waals surface area contributed by atoms with Gasteiger partial charge in [0.1, 0.15) is 11.3 Å². The van der Waals surface area contributed by atoms with Gasteiger partial charge in [-0.15, -0.1) is 0 Å². The van der Waals surface area contributed by atoms with Gasteiger partial charge in [0.25, 0.3) is 5.91 Å². The summed E-state index contributed by atoms with van der Waals surface area (Å²) in [6.07, 6.45) is 5.29. The van der Waals surface area contributed by atoms with Crippen LogP contribution in [-0.4, -0.2) is 20.0 Å². The summed E-state index contributed by atoms with van der Waals surface area (Å²) in [6, 6.07) is 3.86. The van der Waals surface area contributed by atoms with Crippen molar-refractivity contribution in [2.45, 2.75) is 19.3 Å². The van der Waals surface area contributed by atoms with Gasteiger partial charge in [0, 0.05) is 30.0 Å². The number of fused-ring (bicyclic) bond motifs is 1. The van der Waals surface area contributed by atoms with E-state index in [-0.39, 0.29) is 5.91 Å². The second-order valence-corrected chi connectivity index (χ2v) is 5.94. The minimum atomic E-state index is -0.111. The summed E-state index contributed by atoms with van der Waals surface area (Å²) in [5, 5.41) is 6.66. The van der Waals surface area contributed by atoms with E-state index in [0.717, 1.165) is 46.0 Å². The summed E-state index contributed by atoms with van der Waals surface area (Å²) in [7, 11) is 3.50. The highest BCUT2D eigenvalue weighted by molar-refractivity contribution is 9.10. The molecule has 5 heteroatoms. The first-order valence-corrected chi connectivity index (χ1v) is 7.80. The lowest BCUT2D eigenvalue weighted by Gasteiger charge is -2.04. The van der Waals surface area contributed by atoms with Crippen LogP contribution in [0.2, 0.25) is 0 Å². The van der Waals surface area contributed by atoms with Crippen LogP contribution in [0.3, 0.4) is 0 Å². The summed E-state index contributed by atoms with van der Waals surface area (Å²) in [4.78, 5) is 12.3. The Bertz CT molecular complexity index is 746. The number of halogens is 1. The maximum atomic E-state index is 12.3. The molecule has 1 aliphatic rings. The molecule has 0 spiro atoms. The van der Waals surface area contributed by atoms with Gasteiger partial charge in [-0.05, 0) is 46.8 Å². The molecule has 1 amide bonds. The van der Waals surface area contributed by atoms with Gasteiger partial charge in [0.2, 0.25) is 0 Å². The highest BCUT2D eigenvalue weighted by Gasteiger charge is 2.24. The zero-order chi connectivity index (χ0) is 15.0. The van der Waals surface area contributed by atoms with Gasteiger partial charge in [-0.3, -0.25) is 4.79 Å². The number of nitrogens with one attached hydrogen (secondary N) is 2. The molecule has 1 heterocycles. The van der Waals surface area contributed by atoms with Gasteiger partial charge in [-0.1, -0.05) is 6.08 Å². The van der Waals surface area contributed by atoms with Crippen molar-refractivity contribution in [2.75, 3.05) is 19.4 Å². The Morgan fingerprint density at radius 3 is 2.76 bits per heavy atom. The van der Waals surface area contributed by atoms with Crippen LogP contribution in [-0.2, 0) is 0 Å². The molecule has 2 aromatic rings. The molecule has 110 valence electrons. The first-order chi connectivity index (χ1) is 10.2. The summed E-state index contributed by atoms with van der Waals surface area (Å²) >= 11 is 3.53. The lowest BCUT2D eigenvalue weighted by Crippen LogP contribution is -2.18. The molecule has 0 fully saturated rings. The van der Waals surface area contributed by atoms with Gasteiger partial charge < -0.3 is 15.1 Å². The van der Waals surface area contributed by atoms with Gasteiger partial charge in [-0.2, -0.15) is 0 Å². The van der Waals surface area contributed by atoms with Crippen molar-refractivity contribution < 1.29 is 9.21 Å². The zero-order valence-electron chi connectivity index (χ0n) is 12.0. The maximum Gasteiger partial charge on any atom is 0.255 e. The van der Waals surface area contributed by atoms with E-state index in [1.807, 2.05) is 19.2 Å². The number of hydrogen-bond acceptors (Lipinski definition) is 3. The summed E-state index contributed by atoms with van der Waals surface area (Å²) < 4.78 is 6.93. The standard InChI is InChI=1S/C16H17BrN2O2/c1-18-12-8-13-10(7-11(12)17)14(16(20)19-2)15(21-13)9-5-3-4-6-9/h5,7-8,18H,3-4,6H2,1-2H3,(H,19,20). The Morgan fingerprint density at radius 2 is 2.14 bits per heavy atom. The first kappa shape index (κ1) is 14.2. The molecule has 0 radical (unpaired) electrons. The molecule has 1 aromatic carbocycles. The largest absolute Gasteiger partial charge is 0.455 e. The molecule has 21 heavy (non-hydrogen) atoms. The number of benzene rings is 1. The topological polar surface area (TPSA) is 54.3 Å². The van der Waals surface area contributed by atoms with Crippen LogP contribution in [0.1, 0.15) is 35.4 Å². The molecule has 0 saturated heterocycles. The number of carbonyl (C=O) groups excluding carboxylic acids is 1. The van der Waals surface area contributed by atoms with E-state index in [1.54, 1.807) is 7.05 Å². The van der Waals surface area contributed by atoms with Crippen LogP contribution in [0.25, 0.3) is 16.5 Å². The van der Waals surface area contributed by atoms with E-state index in [0.29, 0.717) is 11.3 Å². The van der Waals surface area contributed by atoms with Crippen LogP contribution in [0.15, 0.2) is 27.1 Å². The fourth-order valence-electron chi connectivity index (χ4n) is 2.76. The van der Waals surface area contributed by atoms with E-state index in [2.05, 4.69) is 32.6 Å². The minimum Gasteiger partial charge on any atom is -0.455 e. The molecule has 2 N–H and O–H groups in total. The molecule has 0 atom stereocenters. The number of furan rings is 1. The Hall–Kier alpha value is -1.75. The van der Waals surface area contributed by atoms with Gasteiger partial charge in [0.15, 0.2) is 0 Å². The lowest BCUT2D eigenvalue weighted by atomic mass is 10.0. The number of allylic oxidation sites excluding steroid dienone is 2. The number of anilines is 1. The summed E-state index contributed by atoms with van der Waals surface area (Å²) in [5.74, 6) is 0.600. The third kappa shape index (κ3) is 2.35. The van der Waals surface area contributed by atoms with Crippen molar-refractivity contribution in [3.8, 4) is 0 Å². The summed E-state index contributed by atoms with van der Waals surface area (Å²) in [6.45, 7) is 0. The van der Waals surface area contributed by atoms with Crippen molar-refractivity contribution in [3.63, 3.8) is 0 Å². The molecule has 0 aliphatic heterocycles. The van der Waals surface area contributed by atoms with E-state index < -0.39 is 0 Å². The van der Waals surface area contributed by atoms with Gasteiger partial charge >= 0.3 is 0 Å². The normalized spacial score (nSPS) is 14.3. The Balaban J connectivity index is 2.28. The molecule has 4 nitrogen and oxygen atoms in total. The molecule has 0 unspecified atom stereocenters. The Kier molecular flexibility index (Phi) is 3.76. The smallest absolute Gasteiger partial charge is 0.255 e. The second-order valence-electron chi connectivity index (χ2n) is 5.09. The third-order valence-electron chi connectivity index (χ3n) is 3.83. The monoisotopic (exact) mass is 348 g/mol. The molecular weight excluding hydrogens is 332 g/mol. The fourth-order valence-corrected chi connectivity index (χ4v) is 3.30. The third-order valence-corrected chi connectivity index (χ3v) is 4.49. The van der Waals surface area contributed by atoms with Crippen LogP contribution in [0, 0.1) is 0 Å². The highest BCUT2D eigenvalue weighted by atomic mass is 79.9. The van der Waals surface area contributed by atoms with Crippen molar-refractivity contribution in [1.82, 2.24) is 5.32 Å². The zero-order valence-corrected chi connectivity index (χ0v) is 13.6. The maximum absolute atomic E-state index is 12.3. The molecular formula is C16H17BrN2O2. The Labute approximate surface area is 131 Å². The van der Waals surface area contributed by atoms with Crippen molar-refractivity contribution in [2.24, 2.45) is 0 Å². The van der Waals surface area contributed by atoms with Crippen molar-refractivity contribution in [1.29, 1.82) is 0 Å². The van der Waals surface area contributed by atoms with Crippen LogP contribution in [0.4, 0.5) is 5.69 Å². The fraction of sp³-hybridized carbons (Fsp3) is 0.312. The lowest BCUT2D eigenvalue weighted by molar-refractivity contribution is 0.0963. The second kappa shape index (κ2) is 5.56. The average molecular weight is 349 g/mol. The van der Waals surface area contributed by atoms with E-state index >= 15 is 0 Å². The molecule has 0 bridgehead atoms. The number of amides is 1. The SMILES string of the molecule is CNC(=O)c1c(C2=CCCC2)oc2cc(NC)c(Br)cc12. The predicted octanol–water partition coefficient (Wildman–Crippen LogP) is 4.16. The number of rotatable bonds is 3. The average Bonchev–Trinajstić information content (AvgIpc) is 3.12. The Morgan fingerprint density at radius 1 is 1.33 bits per heavy atom. The number of hydrogen-bond donors (Lipinski definition) is 2. The van der Waals surface area contributed by atoms with Gasteiger partial charge in [0.05, 0.1) is 11.3 Å². The first-order valence-electron chi connectivity index (χ1n) is 7.01. The summed E-state index contributed by atoms with van der Waals surface area (Å²) in [5.41, 5.74) is 3.42. The molecule has 0 saturated carbocycles. The number of carbonyl (C=O) groups is 1.